The lowest BCUT2D eigenvalue weighted by molar-refractivity contribution is -0.116. The van der Waals surface area contributed by atoms with Gasteiger partial charge in [0.1, 0.15) is 23.9 Å². The third kappa shape index (κ3) is 3.17. The molecule has 4 rings (SSSR count). The van der Waals surface area contributed by atoms with Gasteiger partial charge in [-0.05, 0) is 29.8 Å². The van der Waals surface area contributed by atoms with E-state index in [4.69, 9.17) is 4.42 Å². The summed E-state index contributed by atoms with van der Waals surface area (Å²) in [4.78, 5) is 12.2. The average molecular weight is 359 g/mol. The Bertz CT molecular complexity index is 922. The Morgan fingerprint density at radius 1 is 1.35 bits per heavy atom. The van der Waals surface area contributed by atoms with E-state index in [0.29, 0.717) is 18.1 Å². The molecule has 1 atom stereocenters. The van der Waals surface area contributed by atoms with Gasteiger partial charge in [0.25, 0.3) is 0 Å². The number of hydrogen-bond donors (Lipinski definition) is 1. The fourth-order valence-electron chi connectivity index (χ4n) is 3.14. The van der Waals surface area contributed by atoms with Crippen molar-refractivity contribution in [2.24, 2.45) is 0 Å². The first-order valence-corrected chi connectivity index (χ1v) is 8.03. The molecule has 2 aromatic heterocycles. The number of carbonyl (C=O) groups is 1. The van der Waals surface area contributed by atoms with E-state index in [1.807, 2.05) is 6.07 Å². The van der Waals surface area contributed by atoms with Gasteiger partial charge < -0.3 is 14.5 Å². The fourth-order valence-corrected chi connectivity index (χ4v) is 3.14. The molecule has 1 unspecified atom stereocenters. The van der Waals surface area contributed by atoms with Crippen molar-refractivity contribution < 1.29 is 22.7 Å². The highest BCUT2D eigenvalue weighted by molar-refractivity contribution is 5.94. The Morgan fingerprint density at radius 2 is 2.23 bits per heavy atom. The number of halogens is 2. The van der Waals surface area contributed by atoms with E-state index < -0.39 is 6.61 Å². The summed E-state index contributed by atoms with van der Waals surface area (Å²) in [6.45, 7) is -2.52. The zero-order valence-corrected chi connectivity index (χ0v) is 13.6. The predicted octanol–water partition coefficient (Wildman–Crippen LogP) is 3.60. The number of aromatic nitrogens is 2. The van der Waals surface area contributed by atoms with Crippen molar-refractivity contribution in [2.75, 3.05) is 5.32 Å². The molecule has 6 nitrogen and oxygen atoms in total. The van der Waals surface area contributed by atoms with Crippen LogP contribution in [-0.4, -0.2) is 22.3 Å². The van der Waals surface area contributed by atoms with Crippen LogP contribution >= 0.6 is 0 Å². The molecule has 1 N–H and O–H groups in total. The van der Waals surface area contributed by atoms with E-state index in [2.05, 4.69) is 15.2 Å². The number of rotatable bonds is 5. The van der Waals surface area contributed by atoms with Crippen LogP contribution < -0.4 is 10.1 Å². The molecule has 1 aromatic carbocycles. The van der Waals surface area contributed by atoms with Crippen LogP contribution in [0.3, 0.4) is 0 Å². The second-order valence-corrected chi connectivity index (χ2v) is 5.94. The van der Waals surface area contributed by atoms with Gasteiger partial charge in [-0.1, -0.05) is 12.1 Å². The minimum atomic E-state index is -2.90. The van der Waals surface area contributed by atoms with Crippen molar-refractivity contribution in [1.82, 2.24) is 9.78 Å². The molecule has 1 aliphatic heterocycles. The van der Waals surface area contributed by atoms with Gasteiger partial charge in [0, 0.05) is 17.9 Å². The lowest BCUT2D eigenvalue weighted by Crippen LogP contribution is -2.25. The number of carbonyl (C=O) groups excluding carboxylic acids is 1. The molecule has 1 amide bonds. The molecule has 26 heavy (non-hydrogen) atoms. The summed E-state index contributed by atoms with van der Waals surface area (Å²) in [5, 5.41) is 7.18. The number of alkyl halides is 2. The summed E-state index contributed by atoms with van der Waals surface area (Å²) in [6, 6.07) is 10.0. The summed E-state index contributed by atoms with van der Waals surface area (Å²) in [5.41, 5.74) is 1.54. The van der Waals surface area contributed by atoms with Gasteiger partial charge in [-0.15, -0.1) is 0 Å². The van der Waals surface area contributed by atoms with Crippen LogP contribution in [0, 0.1) is 0 Å². The predicted molar refractivity (Wildman–Crippen MR) is 88.2 cm³/mol. The second-order valence-electron chi connectivity index (χ2n) is 5.94. The van der Waals surface area contributed by atoms with E-state index in [0.717, 1.165) is 11.1 Å². The lowest BCUT2D eigenvalue weighted by atomic mass is 9.87. The van der Waals surface area contributed by atoms with Crippen LogP contribution in [0.15, 0.2) is 53.3 Å². The van der Waals surface area contributed by atoms with Gasteiger partial charge in [-0.3, -0.25) is 4.79 Å². The Kier molecular flexibility index (Phi) is 4.16. The zero-order valence-electron chi connectivity index (χ0n) is 13.6. The SMILES string of the molecule is O=C1CC(c2cccc(OC(F)F)c2)c2cnn(Cc3ccco3)c2N1. The summed E-state index contributed by atoms with van der Waals surface area (Å²) >= 11 is 0. The third-order valence-corrected chi connectivity index (χ3v) is 4.26. The maximum Gasteiger partial charge on any atom is 0.387 e. The summed E-state index contributed by atoms with van der Waals surface area (Å²) in [7, 11) is 0. The number of nitrogens with one attached hydrogen (secondary N) is 1. The van der Waals surface area contributed by atoms with E-state index in [1.54, 1.807) is 35.3 Å². The fraction of sp³-hybridized carbons (Fsp3) is 0.222. The molecule has 3 heterocycles. The van der Waals surface area contributed by atoms with E-state index in [9.17, 15) is 13.6 Å². The first kappa shape index (κ1) is 16.3. The van der Waals surface area contributed by atoms with Crippen molar-refractivity contribution in [1.29, 1.82) is 0 Å². The van der Waals surface area contributed by atoms with Crippen molar-refractivity contribution >= 4 is 11.7 Å². The Labute approximate surface area is 147 Å². The smallest absolute Gasteiger partial charge is 0.387 e. The van der Waals surface area contributed by atoms with E-state index in [1.165, 1.54) is 12.1 Å². The number of hydrogen-bond acceptors (Lipinski definition) is 4. The normalized spacial score (nSPS) is 16.4. The molecule has 0 bridgehead atoms. The van der Waals surface area contributed by atoms with Crippen LogP contribution in [0.4, 0.5) is 14.6 Å². The van der Waals surface area contributed by atoms with Crippen molar-refractivity contribution in [3.63, 3.8) is 0 Å². The van der Waals surface area contributed by atoms with Gasteiger partial charge in [0.05, 0.1) is 12.5 Å². The quantitative estimate of drug-likeness (QED) is 0.756. The van der Waals surface area contributed by atoms with Crippen LogP contribution in [-0.2, 0) is 11.3 Å². The van der Waals surface area contributed by atoms with E-state index in [-0.39, 0.29) is 24.0 Å². The maximum absolute atomic E-state index is 12.5. The number of benzene rings is 1. The van der Waals surface area contributed by atoms with Crippen LogP contribution in [0.1, 0.15) is 29.2 Å². The molecule has 8 heteroatoms. The molecule has 0 saturated heterocycles. The number of furan rings is 1. The van der Waals surface area contributed by atoms with Gasteiger partial charge >= 0.3 is 6.61 Å². The number of nitrogens with zero attached hydrogens (tertiary/aromatic N) is 2. The number of ether oxygens (including phenoxy) is 1. The maximum atomic E-state index is 12.5. The number of anilines is 1. The lowest BCUT2D eigenvalue weighted by Gasteiger charge is -2.24. The van der Waals surface area contributed by atoms with E-state index >= 15 is 0 Å². The van der Waals surface area contributed by atoms with Gasteiger partial charge in [0.15, 0.2) is 0 Å². The molecule has 0 saturated carbocycles. The molecule has 3 aromatic rings. The molecular formula is C18H15F2N3O3. The van der Waals surface area contributed by atoms with Crippen molar-refractivity contribution in [3.8, 4) is 5.75 Å². The third-order valence-electron chi connectivity index (χ3n) is 4.26. The van der Waals surface area contributed by atoms with Crippen molar-refractivity contribution in [2.45, 2.75) is 25.5 Å². The van der Waals surface area contributed by atoms with Crippen LogP contribution in [0.5, 0.6) is 5.75 Å². The Hall–Kier alpha value is -3.16. The van der Waals surface area contributed by atoms with Crippen LogP contribution in [0.2, 0.25) is 0 Å². The highest BCUT2D eigenvalue weighted by Crippen LogP contribution is 2.38. The summed E-state index contributed by atoms with van der Waals surface area (Å²) < 4.78 is 36.4. The van der Waals surface area contributed by atoms with Crippen molar-refractivity contribution in [3.05, 3.63) is 65.7 Å². The molecule has 0 radical (unpaired) electrons. The molecule has 134 valence electrons. The molecule has 0 fully saturated rings. The largest absolute Gasteiger partial charge is 0.467 e. The first-order valence-electron chi connectivity index (χ1n) is 8.03. The first-order chi connectivity index (χ1) is 12.6. The number of amides is 1. The Morgan fingerprint density at radius 3 is 3.00 bits per heavy atom. The highest BCUT2D eigenvalue weighted by Gasteiger charge is 2.30. The topological polar surface area (TPSA) is 69.3 Å². The van der Waals surface area contributed by atoms with Gasteiger partial charge in [0.2, 0.25) is 5.91 Å². The molecule has 0 aliphatic carbocycles. The molecular weight excluding hydrogens is 344 g/mol. The standard InChI is InChI=1S/C18H15F2N3O3/c19-18(20)26-12-4-1-3-11(7-12)14-8-16(24)22-17-15(14)9-21-23(17)10-13-5-2-6-25-13/h1-7,9,14,18H,8,10H2,(H,22,24). The molecule has 0 spiro atoms. The van der Waals surface area contributed by atoms with Gasteiger partial charge in [-0.25, -0.2) is 4.68 Å². The Balaban J connectivity index is 1.67. The highest BCUT2D eigenvalue weighted by atomic mass is 19.3. The summed E-state index contributed by atoms with van der Waals surface area (Å²) in [6.07, 6.45) is 3.46. The second kappa shape index (κ2) is 6.62. The molecule has 1 aliphatic rings. The monoisotopic (exact) mass is 359 g/mol. The zero-order chi connectivity index (χ0) is 18.1. The summed E-state index contributed by atoms with van der Waals surface area (Å²) in [5.74, 6) is 0.907. The van der Waals surface area contributed by atoms with Crippen LogP contribution in [0.25, 0.3) is 0 Å². The minimum absolute atomic E-state index is 0.0630. The van der Waals surface area contributed by atoms with Gasteiger partial charge in [-0.2, -0.15) is 13.9 Å². The minimum Gasteiger partial charge on any atom is -0.467 e. The average Bonchev–Trinajstić information content (AvgIpc) is 3.25. The number of fused-ring (bicyclic) bond motifs is 1.